The SMILES string of the molecule is O=C(c1ccc(C(F)(F)F)cc1)N(Cc1ccccc1F)C1CC1. The average molecular weight is 337 g/mol. The highest BCUT2D eigenvalue weighted by Crippen LogP contribution is 2.32. The fourth-order valence-electron chi connectivity index (χ4n) is 2.53. The number of halogens is 4. The number of carbonyl (C=O) groups excluding carboxylic acids is 1. The predicted octanol–water partition coefficient (Wildman–Crippen LogP) is 4.65. The number of carbonyl (C=O) groups is 1. The molecule has 0 heterocycles. The number of hydrogen-bond acceptors (Lipinski definition) is 1. The van der Waals surface area contributed by atoms with Crippen molar-refractivity contribution in [2.24, 2.45) is 0 Å². The normalized spacial score (nSPS) is 14.5. The summed E-state index contributed by atoms with van der Waals surface area (Å²) < 4.78 is 51.7. The Bertz CT molecular complexity index is 735. The monoisotopic (exact) mass is 337 g/mol. The van der Waals surface area contributed by atoms with Gasteiger partial charge in [-0.2, -0.15) is 13.2 Å². The lowest BCUT2D eigenvalue weighted by Crippen LogP contribution is -2.33. The molecule has 0 aromatic heterocycles. The molecule has 2 nitrogen and oxygen atoms in total. The van der Waals surface area contributed by atoms with Crippen LogP contribution >= 0.6 is 0 Å². The van der Waals surface area contributed by atoms with Crippen molar-refractivity contribution < 1.29 is 22.4 Å². The Labute approximate surface area is 136 Å². The van der Waals surface area contributed by atoms with Crippen LogP contribution in [0.2, 0.25) is 0 Å². The van der Waals surface area contributed by atoms with Gasteiger partial charge in [-0.1, -0.05) is 18.2 Å². The lowest BCUT2D eigenvalue weighted by molar-refractivity contribution is -0.137. The standard InChI is InChI=1S/C18H15F4NO/c19-16-4-2-1-3-13(16)11-23(15-9-10-15)17(24)12-5-7-14(8-6-12)18(20,21)22/h1-8,15H,9-11H2. The zero-order valence-electron chi connectivity index (χ0n) is 12.7. The van der Waals surface area contributed by atoms with Gasteiger partial charge in [-0.15, -0.1) is 0 Å². The maximum absolute atomic E-state index is 13.8. The smallest absolute Gasteiger partial charge is 0.331 e. The summed E-state index contributed by atoms with van der Waals surface area (Å²) in [4.78, 5) is 14.2. The molecule has 0 radical (unpaired) electrons. The molecule has 3 rings (SSSR count). The Morgan fingerprint density at radius 3 is 2.21 bits per heavy atom. The molecule has 126 valence electrons. The second-order valence-corrected chi connectivity index (χ2v) is 5.83. The molecule has 6 heteroatoms. The molecular formula is C18H15F4NO. The van der Waals surface area contributed by atoms with E-state index >= 15 is 0 Å². The van der Waals surface area contributed by atoms with Crippen molar-refractivity contribution in [2.45, 2.75) is 31.6 Å². The lowest BCUT2D eigenvalue weighted by atomic mass is 10.1. The minimum absolute atomic E-state index is 0.0133. The Balaban J connectivity index is 1.81. The van der Waals surface area contributed by atoms with Crippen LogP contribution in [0.4, 0.5) is 17.6 Å². The lowest BCUT2D eigenvalue weighted by Gasteiger charge is -2.23. The van der Waals surface area contributed by atoms with E-state index in [1.165, 1.54) is 23.1 Å². The van der Waals surface area contributed by atoms with Crippen LogP contribution in [0.3, 0.4) is 0 Å². The van der Waals surface area contributed by atoms with E-state index < -0.39 is 17.6 Å². The summed E-state index contributed by atoms with van der Waals surface area (Å²) in [5.74, 6) is -0.780. The van der Waals surface area contributed by atoms with Crippen molar-refractivity contribution in [3.8, 4) is 0 Å². The molecule has 1 fully saturated rings. The molecule has 1 amide bonds. The average Bonchev–Trinajstić information content (AvgIpc) is 3.37. The summed E-state index contributed by atoms with van der Waals surface area (Å²) in [5.41, 5.74) is -0.234. The van der Waals surface area contributed by atoms with Crippen molar-refractivity contribution in [1.29, 1.82) is 0 Å². The molecule has 0 N–H and O–H groups in total. The van der Waals surface area contributed by atoms with E-state index in [0.29, 0.717) is 5.56 Å². The van der Waals surface area contributed by atoms with Crippen molar-refractivity contribution in [3.63, 3.8) is 0 Å². The molecule has 0 atom stereocenters. The van der Waals surface area contributed by atoms with Gasteiger partial charge in [0.05, 0.1) is 5.56 Å². The van der Waals surface area contributed by atoms with Gasteiger partial charge in [0.2, 0.25) is 0 Å². The zero-order chi connectivity index (χ0) is 17.3. The molecule has 0 aliphatic heterocycles. The van der Waals surface area contributed by atoms with E-state index in [4.69, 9.17) is 0 Å². The van der Waals surface area contributed by atoms with Gasteiger partial charge >= 0.3 is 6.18 Å². The third-order valence-corrected chi connectivity index (χ3v) is 4.01. The topological polar surface area (TPSA) is 20.3 Å². The predicted molar refractivity (Wildman–Crippen MR) is 80.7 cm³/mol. The molecular weight excluding hydrogens is 322 g/mol. The molecule has 24 heavy (non-hydrogen) atoms. The molecule has 1 aliphatic rings. The van der Waals surface area contributed by atoms with E-state index in [2.05, 4.69) is 0 Å². The first-order valence-corrected chi connectivity index (χ1v) is 7.58. The maximum atomic E-state index is 13.8. The van der Waals surface area contributed by atoms with Crippen LogP contribution in [0.1, 0.15) is 34.3 Å². The van der Waals surface area contributed by atoms with Crippen LogP contribution in [0.5, 0.6) is 0 Å². The van der Waals surface area contributed by atoms with Gasteiger partial charge in [0.1, 0.15) is 5.82 Å². The van der Waals surface area contributed by atoms with Gasteiger partial charge in [-0.25, -0.2) is 4.39 Å². The second-order valence-electron chi connectivity index (χ2n) is 5.83. The largest absolute Gasteiger partial charge is 0.416 e. The van der Waals surface area contributed by atoms with E-state index in [9.17, 15) is 22.4 Å². The fourth-order valence-corrected chi connectivity index (χ4v) is 2.53. The third-order valence-electron chi connectivity index (χ3n) is 4.01. The molecule has 0 spiro atoms. The van der Waals surface area contributed by atoms with Crippen LogP contribution in [0.15, 0.2) is 48.5 Å². The fraction of sp³-hybridized carbons (Fsp3) is 0.278. The number of alkyl halides is 3. The Kier molecular flexibility index (Phi) is 4.30. The first-order chi connectivity index (χ1) is 11.4. The van der Waals surface area contributed by atoms with Gasteiger partial charge in [-0.05, 0) is 43.2 Å². The van der Waals surface area contributed by atoms with Crippen molar-refractivity contribution >= 4 is 5.91 Å². The summed E-state index contributed by atoms with van der Waals surface area (Å²) >= 11 is 0. The third kappa shape index (κ3) is 3.58. The van der Waals surface area contributed by atoms with Crippen molar-refractivity contribution in [3.05, 3.63) is 71.0 Å². The van der Waals surface area contributed by atoms with Crippen LogP contribution in [0, 0.1) is 5.82 Å². The number of nitrogens with zero attached hydrogens (tertiary/aromatic N) is 1. The minimum Gasteiger partial charge on any atom is -0.331 e. The number of hydrogen-bond donors (Lipinski definition) is 0. The Morgan fingerprint density at radius 1 is 1.04 bits per heavy atom. The summed E-state index contributed by atoms with van der Waals surface area (Å²) in [6, 6.07) is 10.3. The van der Waals surface area contributed by atoms with Gasteiger partial charge in [0.15, 0.2) is 0 Å². The molecule has 1 aliphatic carbocycles. The summed E-state index contributed by atoms with van der Waals surface area (Å²) in [7, 11) is 0. The molecule has 0 bridgehead atoms. The number of amides is 1. The molecule has 2 aromatic rings. The van der Waals surface area contributed by atoms with Crippen LogP contribution in [-0.2, 0) is 12.7 Å². The summed E-state index contributed by atoms with van der Waals surface area (Å²) in [5, 5.41) is 0. The van der Waals surface area contributed by atoms with Gasteiger partial charge in [0, 0.05) is 23.7 Å². The van der Waals surface area contributed by atoms with Gasteiger partial charge in [-0.3, -0.25) is 4.79 Å². The van der Waals surface area contributed by atoms with E-state index in [0.717, 1.165) is 25.0 Å². The molecule has 0 unspecified atom stereocenters. The van der Waals surface area contributed by atoms with Gasteiger partial charge < -0.3 is 4.90 Å². The summed E-state index contributed by atoms with van der Waals surface area (Å²) in [6.45, 7) is 0.108. The van der Waals surface area contributed by atoms with E-state index in [-0.39, 0.29) is 24.1 Å². The van der Waals surface area contributed by atoms with Crippen LogP contribution in [-0.4, -0.2) is 16.8 Å². The minimum atomic E-state index is -4.44. The molecule has 2 aromatic carbocycles. The first-order valence-electron chi connectivity index (χ1n) is 7.58. The quantitative estimate of drug-likeness (QED) is 0.744. The van der Waals surface area contributed by atoms with Crippen molar-refractivity contribution in [2.75, 3.05) is 0 Å². The number of benzene rings is 2. The molecule has 0 saturated heterocycles. The summed E-state index contributed by atoms with van der Waals surface area (Å²) in [6.07, 6.45) is -2.80. The number of rotatable bonds is 4. The Morgan fingerprint density at radius 2 is 1.67 bits per heavy atom. The van der Waals surface area contributed by atoms with Gasteiger partial charge in [0.25, 0.3) is 5.91 Å². The van der Waals surface area contributed by atoms with Crippen LogP contribution in [0.25, 0.3) is 0 Å². The van der Waals surface area contributed by atoms with Crippen molar-refractivity contribution in [1.82, 2.24) is 4.90 Å². The second kappa shape index (κ2) is 6.26. The van der Waals surface area contributed by atoms with E-state index in [1.54, 1.807) is 18.2 Å². The van der Waals surface area contributed by atoms with Crippen LogP contribution < -0.4 is 0 Å². The Hall–Kier alpha value is -2.37. The zero-order valence-corrected chi connectivity index (χ0v) is 12.7. The highest BCUT2D eigenvalue weighted by molar-refractivity contribution is 5.94. The molecule has 1 saturated carbocycles. The first kappa shape index (κ1) is 16.5. The van der Waals surface area contributed by atoms with E-state index in [1.807, 2.05) is 0 Å². The maximum Gasteiger partial charge on any atom is 0.416 e. The highest BCUT2D eigenvalue weighted by Gasteiger charge is 2.34. The highest BCUT2D eigenvalue weighted by atomic mass is 19.4.